The SMILES string of the molecule is CC(=O)C1=C(O)C(C(C)C)[C@@]2(C)[C@H](O)[C@]3(C)C(=C(O)[C@@]2(O)C1=O)C(=O)c1c(ccc(CC2CCC(C)CC2)c1O)[C@H]3C. The average molecular weight is 581 g/mol. The van der Waals surface area contributed by atoms with Crippen molar-refractivity contribution >= 4 is 17.3 Å². The van der Waals surface area contributed by atoms with E-state index >= 15 is 0 Å². The molecule has 5 rings (SSSR count). The van der Waals surface area contributed by atoms with E-state index in [4.69, 9.17) is 0 Å². The average Bonchev–Trinajstić information content (AvgIpc) is 2.91. The minimum Gasteiger partial charge on any atom is -0.511 e. The second kappa shape index (κ2) is 9.78. The largest absolute Gasteiger partial charge is 0.511 e. The van der Waals surface area contributed by atoms with Crippen molar-refractivity contribution in [2.45, 2.75) is 98.2 Å². The van der Waals surface area contributed by atoms with Gasteiger partial charge in [0.05, 0.1) is 17.2 Å². The molecule has 8 heteroatoms. The molecule has 8 nitrogen and oxygen atoms in total. The van der Waals surface area contributed by atoms with E-state index in [0.29, 0.717) is 29.4 Å². The van der Waals surface area contributed by atoms with Gasteiger partial charge in [-0.05, 0) is 61.0 Å². The van der Waals surface area contributed by atoms with Gasteiger partial charge in [0.15, 0.2) is 17.2 Å². The van der Waals surface area contributed by atoms with Crippen molar-refractivity contribution in [3.63, 3.8) is 0 Å². The molecular formula is C34H44O8. The highest BCUT2D eigenvalue weighted by atomic mass is 16.4. The lowest BCUT2D eigenvalue weighted by Gasteiger charge is -2.63. The van der Waals surface area contributed by atoms with Crippen molar-refractivity contribution in [2.75, 3.05) is 0 Å². The van der Waals surface area contributed by atoms with Crippen LogP contribution in [0.1, 0.15) is 102 Å². The number of allylic oxidation sites excluding steroid dienone is 1. The topological polar surface area (TPSA) is 152 Å². The number of phenolic OH excluding ortho intramolecular Hbond substituents is 1. The molecule has 1 unspecified atom stereocenters. The fraction of sp³-hybridized carbons (Fsp3) is 0.618. The first-order valence-corrected chi connectivity index (χ1v) is 15.2. The van der Waals surface area contributed by atoms with Crippen LogP contribution < -0.4 is 0 Å². The number of fused-ring (bicyclic) bond motifs is 3. The van der Waals surface area contributed by atoms with Gasteiger partial charge in [-0.1, -0.05) is 66.5 Å². The van der Waals surface area contributed by atoms with Crippen LogP contribution in [0.15, 0.2) is 34.8 Å². The minimum atomic E-state index is -2.87. The molecule has 1 aromatic carbocycles. The van der Waals surface area contributed by atoms with Crippen LogP contribution in [0.4, 0.5) is 0 Å². The van der Waals surface area contributed by atoms with Gasteiger partial charge in [-0.25, -0.2) is 0 Å². The maximum atomic E-state index is 14.3. The second-order valence-corrected chi connectivity index (χ2v) is 14.2. The summed E-state index contributed by atoms with van der Waals surface area (Å²) < 4.78 is 0. The number of benzene rings is 1. The molecule has 0 radical (unpaired) electrons. The number of Topliss-reactive ketones (excluding diaryl/α,β-unsaturated/α-hetero) is 3. The number of hydrogen-bond acceptors (Lipinski definition) is 8. The Morgan fingerprint density at radius 1 is 1.02 bits per heavy atom. The van der Waals surface area contributed by atoms with E-state index in [1.54, 1.807) is 33.8 Å². The van der Waals surface area contributed by atoms with Crippen LogP contribution in [0.5, 0.6) is 5.75 Å². The van der Waals surface area contributed by atoms with Crippen LogP contribution >= 0.6 is 0 Å². The molecule has 5 N–H and O–H groups in total. The van der Waals surface area contributed by atoms with Crippen LogP contribution in [0, 0.1) is 34.5 Å². The van der Waals surface area contributed by atoms with Gasteiger partial charge in [-0.15, -0.1) is 0 Å². The highest BCUT2D eigenvalue weighted by molar-refractivity contribution is 6.25. The fourth-order valence-electron chi connectivity index (χ4n) is 8.99. The molecule has 0 amide bonds. The van der Waals surface area contributed by atoms with Gasteiger partial charge in [0.25, 0.3) is 0 Å². The highest BCUT2D eigenvalue weighted by Gasteiger charge is 2.76. The Hall–Kier alpha value is -2.97. The number of ketones is 3. The monoisotopic (exact) mass is 580 g/mol. The molecule has 42 heavy (non-hydrogen) atoms. The Labute approximate surface area is 247 Å². The van der Waals surface area contributed by atoms with Crippen molar-refractivity contribution in [2.24, 2.45) is 34.5 Å². The molecule has 0 heterocycles. The van der Waals surface area contributed by atoms with E-state index in [2.05, 4.69) is 6.92 Å². The lowest BCUT2D eigenvalue weighted by molar-refractivity contribution is -0.211. The summed E-state index contributed by atoms with van der Waals surface area (Å²) in [6, 6.07) is 3.63. The molecule has 1 fully saturated rings. The molecule has 0 bridgehead atoms. The number of aromatic hydroxyl groups is 1. The van der Waals surface area contributed by atoms with Crippen LogP contribution in [-0.4, -0.2) is 54.6 Å². The zero-order valence-corrected chi connectivity index (χ0v) is 25.6. The second-order valence-electron chi connectivity index (χ2n) is 14.2. The van der Waals surface area contributed by atoms with Crippen LogP contribution in [0.3, 0.4) is 0 Å². The van der Waals surface area contributed by atoms with E-state index < -0.39 is 74.7 Å². The summed E-state index contributed by atoms with van der Waals surface area (Å²) in [6.07, 6.45) is 3.26. The molecule has 6 atom stereocenters. The predicted molar refractivity (Wildman–Crippen MR) is 156 cm³/mol. The quantitative estimate of drug-likeness (QED) is 0.303. The Kier molecular flexibility index (Phi) is 7.10. The lowest BCUT2D eigenvalue weighted by Crippen LogP contribution is -2.73. The number of hydrogen-bond donors (Lipinski definition) is 5. The summed E-state index contributed by atoms with van der Waals surface area (Å²) >= 11 is 0. The molecule has 1 saturated carbocycles. The smallest absolute Gasteiger partial charge is 0.209 e. The molecular weight excluding hydrogens is 536 g/mol. The summed E-state index contributed by atoms with van der Waals surface area (Å²) in [5.41, 5.74) is -6.18. The van der Waals surface area contributed by atoms with Gasteiger partial charge in [-0.2, -0.15) is 0 Å². The van der Waals surface area contributed by atoms with Crippen molar-refractivity contribution in [1.82, 2.24) is 0 Å². The summed E-state index contributed by atoms with van der Waals surface area (Å²) in [7, 11) is 0. The maximum Gasteiger partial charge on any atom is 0.209 e. The van der Waals surface area contributed by atoms with Crippen molar-refractivity contribution in [3.05, 3.63) is 51.5 Å². The van der Waals surface area contributed by atoms with Gasteiger partial charge < -0.3 is 25.5 Å². The Morgan fingerprint density at radius 3 is 2.17 bits per heavy atom. The molecule has 4 aliphatic rings. The first kappa shape index (κ1) is 30.5. The lowest BCUT2D eigenvalue weighted by atomic mass is 9.41. The summed E-state index contributed by atoms with van der Waals surface area (Å²) in [5, 5.41) is 59.2. The van der Waals surface area contributed by atoms with E-state index in [1.165, 1.54) is 6.92 Å². The summed E-state index contributed by atoms with van der Waals surface area (Å²) in [6.45, 7) is 11.6. The zero-order chi connectivity index (χ0) is 31.3. The number of carbonyl (C=O) groups is 3. The molecule has 0 saturated heterocycles. The third-order valence-electron chi connectivity index (χ3n) is 11.6. The first-order chi connectivity index (χ1) is 19.5. The van der Waals surface area contributed by atoms with Gasteiger partial charge in [0, 0.05) is 16.7 Å². The van der Waals surface area contributed by atoms with Crippen LogP contribution in [0.25, 0.3) is 0 Å². The van der Waals surface area contributed by atoms with Gasteiger partial charge in [0.1, 0.15) is 22.8 Å². The van der Waals surface area contributed by atoms with Crippen molar-refractivity contribution < 1.29 is 39.9 Å². The third kappa shape index (κ3) is 3.63. The van der Waals surface area contributed by atoms with E-state index in [0.717, 1.165) is 32.6 Å². The summed E-state index contributed by atoms with van der Waals surface area (Å²) in [5.74, 6) is -5.67. The highest BCUT2D eigenvalue weighted by Crippen LogP contribution is 2.67. The van der Waals surface area contributed by atoms with Crippen molar-refractivity contribution in [3.8, 4) is 5.75 Å². The van der Waals surface area contributed by atoms with E-state index in [-0.39, 0.29) is 16.9 Å². The van der Waals surface area contributed by atoms with E-state index in [9.17, 15) is 39.9 Å². The molecule has 228 valence electrons. The molecule has 0 aromatic heterocycles. The molecule has 0 spiro atoms. The Balaban J connectivity index is 1.74. The Morgan fingerprint density at radius 2 is 1.62 bits per heavy atom. The van der Waals surface area contributed by atoms with Crippen molar-refractivity contribution in [1.29, 1.82) is 0 Å². The third-order valence-corrected chi connectivity index (χ3v) is 11.6. The number of rotatable bonds is 4. The van der Waals surface area contributed by atoms with E-state index in [1.807, 2.05) is 6.07 Å². The normalized spacial score (nSPS) is 38.4. The zero-order valence-electron chi connectivity index (χ0n) is 25.6. The van der Waals surface area contributed by atoms with Gasteiger partial charge in [-0.3, -0.25) is 14.4 Å². The predicted octanol–water partition coefficient (Wildman–Crippen LogP) is 5.25. The number of aliphatic hydroxyl groups is 4. The van der Waals surface area contributed by atoms with Gasteiger partial charge in [0.2, 0.25) is 5.78 Å². The van der Waals surface area contributed by atoms with Gasteiger partial charge >= 0.3 is 0 Å². The number of phenols is 1. The maximum absolute atomic E-state index is 14.3. The standard InChI is InChI=1S/C34H44O8/c1-15(2)24-27(37)22(18(5)35)29(39)34(42)30(40)25-28(38)23-21(17(4)32(25,6)31(41)33(24,34)7)13-12-20(26(23)36)14-19-10-8-16(3)9-11-19/h12-13,15-17,19,24,31,36-37,40-42H,8-11,14H2,1-7H3/t16?,17-,19?,24?,31-,32+,33+,34+/m1/s1. The Bertz CT molecular complexity index is 1440. The first-order valence-electron chi connectivity index (χ1n) is 15.2. The number of carbonyl (C=O) groups excluding carboxylic acids is 3. The molecule has 1 aromatic rings. The molecule has 4 aliphatic carbocycles. The van der Waals surface area contributed by atoms with Crippen LogP contribution in [-0.2, 0) is 16.0 Å². The molecule has 0 aliphatic heterocycles. The van der Waals surface area contributed by atoms with Crippen LogP contribution in [0.2, 0.25) is 0 Å². The number of aliphatic hydroxyl groups excluding tert-OH is 3. The summed E-state index contributed by atoms with van der Waals surface area (Å²) in [4.78, 5) is 40.8. The minimum absolute atomic E-state index is 0.00328. The fourth-order valence-corrected chi connectivity index (χ4v) is 8.99.